The van der Waals surface area contributed by atoms with E-state index in [1.165, 1.54) is 4.31 Å². The average Bonchev–Trinajstić information content (AvgIpc) is 2.59. The number of ether oxygens (including phenoxy) is 1. The van der Waals surface area contributed by atoms with Gasteiger partial charge in [-0.15, -0.1) is 0 Å². The molecule has 0 fully saturated rings. The summed E-state index contributed by atoms with van der Waals surface area (Å²) < 4.78 is 32.2. The van der Waals surface area contributed by atoms with Crippen molar-refractivity contribution in [2.75, 3.05) is 12.4 Å². The lowest BCUT2D eigenvalue weighted by Crippen LogP contribution is -2.44. The van der Waals surface area contributed by atoms with E-state index in [1.807, 2.05) is 66.7 Å². The zero-order valence-electron chi connectivity index (χ0n) is 13.4. The lowest BCUT2D eigenvalue weighted by molar-refractivity contribution is 0.0889. The zero-order valence-corrected chi connectivity index (χ0v) is 14.2. The minimum atomic E-state index is -3.30. The van der Waals surface area contributed by atoms with Crippen LogP contribution in [0.5, 0.6) is 0 Å². The Balaban J connectivity index is 1.67. The minimum Gasteiger partial charge on any atom is -0.375 e. The van der Waals surface area contributed by atoms with E-state index in [4.69, 9.17) is 4.74 Å². The molecule has 2 aromatic rings. The Morgan fingerprint density at radius 3 is 2.25 bits per heavy atom. The van der Waals surface area contributed by atoms with Crippen molar-refractivity contribution in [3.8, 4) is 0 Å². The standard InChI is InChI=1S/C19H21NO3S/c21-24(22)13-7-12-19(16-23-15-18-10-5-2-6-11-18)20(24)14-17-8-3-1-4-9-17/h1-12,19H,13-16H2/t19-/m1/s1. The Morgan fingerprint density at radius 2 is 1.58 bits per heavy atom. The molecule has 0 bridgehead atoms. The number of hydrogen-bond acceptors (Lipinski definition) is 3. The molecule has 2 aromatic carbocycles. The Kier molecular flexibility index (Phi) is 5.45. The summed E-state index contributed by atoms with van der Waals surface area (Å²) >= 11 is 0. The molecule has 1 heterocycles. The van der Waals surface area contributed by atoms with Crippen molar-refractivity contribution in [1.29, 1.82) is 0 Å². The molecule has 0 saturated heterocycles. The molecule has 0 aromatic heterocycles. The van der Waals surface area contributed by atoms with Crippen LogP contribution in [0.3, 0.4) is 0 Å². The molecule has 3 rings (SSSR count). The predicted octanol–water partition coefficient (Wildman–Crippen LogP) is 2.97. The molecule has 4 nitrogen and oxygen atoms in total. The third-order valence-electron chi connectivity index (χ3n) is 3.97. The van der Waals surface area contributed by atoms with Gasteiger partial charge in [0.2, 0.25) is 10.0 Å². The highest BCUT2D eigenvalue weighted by atomic mass is 32.2. The Bertz CT molecular complexity index is 773. The molecule has 0 spiro atoms. The van der Waals surface area contributed by atoms with Gasteiger partial charge in [0.1, 0.15) is 0 Å². The first-order chi connectivity index (χ1) is 11.6. The highest BCUT2D eigenvalue weighted by Gasteiger charge is 2.31. The molecular formula is C19H21NO3S. The third kappa shape index (κ3) is 4.32. The minimum absolute atomic E-state index is 0.0506. The summed E-state index contributed by atoms with van der Waals surface area (Å²) in [4.78, 5) is 0. The molecular weight excluding hydrogens is 322 g/mol. The van der Waals surface area contributed by atoms with Gasteiger partial charge in [-0.2, -0.15) is 4.31 Å². The fourth-order valence-corrected chi connectivity index (χ4v) is 4.16. The molecule has 24 heavy (non-hydrogen) atoms. The molecule has 0 saturated carbocycles. The van der Waals surface area contributed by atoms with Gasteiger partial charge in [0.25, 0.3) is 0 Å². The van der Waals surface area contributed by atoms with Crippen molar-refractivity contribution < 1.29 is 13.2 Å². The van der Waals surface area contributed by atoms with Crippen LogP contribution < -0.4 is 0 Å². The molecule has 1 aliphatic heterocycles. The first-order valence-corrected chi connectivity index (χ1v) is 9.58. The maximum Gasteiger partial charge on any atom is 0.218 e. The third-order valence-corrected chi connectivity index (χ3v) is 5.70. The van der Waals surface area contributed by atoms with Crippen LogP contribution in [0.2, 0.25) is 0 Å². The number of rotatable bonds is 6. The van der Waals surface area contributed by atoms with E-state index >= 15 is 0 Å². The molecule has 0 unspecified atom stereocenters. The van der Waals surface area contributed by atoms with Crippen molar-refractivity contribution >= 4 is 10.0 Å². The van der Waals surface area contributed by atoms with Gasteiger partial charge in [0, 0.05) is 6.54 Å². The monoisotopic (exact) mass is 343 g/mol. The van der Waals surface area contributed by atoms with Crippen molar-refractivity contribution in [3.63, 3.8) is 0 Å². The highest BCUT2D eigenvalue weighted by molar-refractivity contribution is 7.89. The van der Waals surface area contributed by atoms with E-state index in [-0.39, 0.29) is 11.8 Å². The van der Waals surface area contributed by atoms with Crippen LogP contribution in [0.25, 0.3) is 0 Å². The fourth-order valence-electron chi connectivity index (χ4n) is 2.72. The van der Waals surface area contributed by atoms with E-state index in [1.54, 1.807) is 6.08 Å². The molecule has 0 amide bonds. The van der Waals surface area contributed by atoms with Gasteiger partial charge in [-0.1, -0.05) is 72.8 Å². The van der Waals surface area contributed by atoms with Crippen molar-refractivity contribution in [3.05, 3.63) is 83.9 Å². The van der Waals surface area contributed by atoms with E-state index in [9.17, 15) is 8.42 Å². The molecule has 0 radical (unpaired) electrons. The molecule has 0 aliphatic carbocycles. The molecule has 0 N–H and O–H groups in total. The summed E-state index contributed by atoms with van der Waals surface area (Å²) in [7, 11) is -3.30. The summed E-state index contributed by atoms with van der Waals surface area (Å²) in [5, 5.41) is 0. The molecule has 5 heteroatoms. The number of hydrogen-bond donors (Lipinski definition) is 0. The average molecular weight is 343 g/mol. The van der Waals surface area contributed by atoms with Crippen LogP contribution in [-0.2, 0) is 27.9 Å². The topological polar surface area (TPSA) is 46.6 Å². The molecule has 126 valence electrons. The second-order valence-electron chi connectivity index (χ2n) is 5.81. The first kappa shape index (κ1) is 16.9. The largest absolute Gasteiger partial charge is 0.375 e. The second kappa shape index (κ2) is 7.75. The van der Waals surface area contributed by atoms with Crippen LogP contribution in [-0.4, -0.2) is 31.1 Å². The van der Waals surface area contributed by atoms with Crippen molar-refractivity contribution in [1.82, 2.24) is 4.31 Å². The maximum absolute atomic E-state index is 12.4. The van der Waals surface area contributed by atoms with Gasteiger partial charge in [-0.3, -0.25) is 0 Å². The van der Waals surface area contributed by atoms with Crippen molar-refractivity contribution in [2.24, 2.45) is 0 Å². The lowest BCUT2D eigenvalue weighted by Gasteiger charge is -2.31. The van der Waals surface area contributed by atoms with E-state index in [0.29, 0.717) is 19.8 Å². The molecule has 1 aliphatic rings. The second-order valence-corrected chi connectivity index (χ2v) is 7.77. The lowest BCUT2D eigenvalue weighted by atomic mass is 10.2. The van der Waals surface area contributed by atoms with Gasteiger partial charge >= 0.3 is 0 Å². The quantitative estimate of drug-likeness (QED) is 0.758. The van der Waals surface area contributed by atoms with Crippen LogP contribution >= 0.6 is 0 Å². The SMILES string of the molecule is O=S1(=O)CC=C[C@H](COCc2ccccc2)N1Cc1ccccc1. The molecule has 1 atom stereocenters. The zero-order chi connectivity index (χ0) is 16.8. The number of nitrogens with zero attached hydrogens (tertiary/aromatic N) is 1. The van der Waals surface area contributed by atoms with E-state index in [2.05, 4.69) is 0 Å². The smallest absolute Gasteiger partial charge is 0.218 e. The van der Waals surface area contributed by atoms with Gasteiger partial charge < -0.3 is 4.74 Å². The van der Waals surface area contributed by atoms with E-state index in [0.717, 1.165) is 11.1 Å². The van der Waals surface area contributed by atoms with Crippen molar-refractivity contribution in [2.45, 2.75) is 19.2 Å². The Hall–Kier alpha value is -1.95. The maximum atomic E-state index is 12.4. The van der Waals surface area contributed by atoms with Gasteiger partial charge in [-0.05, 0) is 11.1 Å². The van der Waals surface area contributed by atoms with Crippen LogP contribution in [0.1, 0.15) is 11.1 Å². The highest BCUT2D eigenvalue weighted by Crippen LogP contribution is 2.19. The summed E-state index contributed by atoms with van der Waals surface area (Å²) in [6.45, 7) is 1.19. The van der Waals surface area contributed by atoms with Crippen LogP contribution in [0, 0.1) is 0 Å². The van der Waals surface area contributed by atoms with Gasteiger partial charge in [0.15, 0.2) is 0 Å². The number of sulfonamides is 1. The Morgan fingerprint density at radius 1 is 0.958 bits per heavy atom. The van der Waals surface area contributed by atoms with Gasteiger partial charge in [-0.25, -0.2) is 8.42 Å². The van der Waals surface area contributed by atoms with Gasteiger partial charge in [0.05, 0.1) is 25.0 Å². The summed E-state index contributed by atoms with van der Waals surface area (Å²) in [6.07, 6.45) is 3.64. The van der Waals surface area contributed by atoms with Crippen LogP contribution in [0.4, 0.5) is 0 Å². The van der Waals surface area contributed by atoms with Crippen LogP contribution in [0.15, 0.2) is 72.8 Å². The Labute approximate surface area is 143 Å². The normalized spacial score (nSPS) is 20.1. The first-order valence-electron chi connectivity index (χ1n) is 7.97. The summed E-state index contributed by atoms with van der Waals surface area (Å²) in [5.41, 5.74) is 2.05. The fraction of sp³-hybridized carbons (Fsp3) is 0.263. The summed E-state index contributed by atoms with van der Waals surface area (Å²) in [5.74, 6) is 0.0506. The number of benzene rings is 2. The summed E-state index contributed by atoms with van der Waals surface area (Å²) in [6, 6.07) is 19.3. The van der Waals surface area contributed by atoms with E-state index < -0.39 is 10.0 Å². The predicted molar refractivity (Wildman–Crippen MR) is 94.8 cm³/mol.